The van der Waals surface area contributed by atoms with Crippen molar-refractivity contribution in [2.45, 2.75) is 20.3 Å². The molecule has 9 nitrogen and oxygen atoms in total. The molecule has 0 atom stereocenters. The van der Waals surface area contributed by atoms with Gasteiger partial charge in [-0.25, -0.2) is 13.8 Å². The van der Waals surface area contributed by atoms with E-state index in [9.17, 15) is 18.4 Å². The smallest absolute Gasteiger partial charge is 0.280 e. The maximum atomic E-state index is 13.6. The van der Waals surface area contributed by atoms with Gasteiger partial charge in [-0.2, -0.15) is 10.2 Å². The van der Waals surface area contributed by atoms with Crippen molar-refractivity contribution in [1.82, 2.24) is 24.5 Å². The lowest BCUT2D eigenvalue weighted by Gasteiger charge is -2.10. The number of amides is 2. The number of nitrogens with one attached hydrogen (secondary N) is 1. The molecule has 0 unspecified atom stereocenters. The Labute approximate surface area is 195 Å². The standard InChI is InChI=1S/C20H18ClF2N7O2S/c1-7-10(6-29(3)27-7)9-5-11(17(22)23)25-20-12(9)14(16(33-20)18(24)31)26-19(32)15-13(21)8(2)30(4)28-15/h5-6,17H,1-4H3,(H2,24,31)(H,26,32). The number of carbonyl (C=O) groups excluding carboxylic acids is 2. The molecule has 172 valence electrons. The van der Waals surface area contributed by atoms with Gasteiger partial charge in [0.05, 0.1) is 22.1 Å². The molecule has 13 heteroatoms. The van der Waals surface area contributed by atoms with Crippen LogP contribution in [0.1, 0.15) is 43.7 Å². The minimum atomic E-state index is -2.85. The molecule has 2 amide bonds. The Balaban J connectivity index is 1.99. The Kier molecular flexibility index (Phi) is 5.66. The summed E-state index contributed by atoms with van der Waals surface area (Å²) in [5.74, 6) is -1.53. The number of aromatic nitrogens is 5. The van der Waals surface area contributed by atoms with Gasteiger partial charge in [0.2, 0.25) is 0 Å². The summed E-state index contributed by atoms with van der Waals surface area (Å²) in [6, 6.07) is 1.22. The number of fused-ring (bicyclic) bond motifs is 1. The first-order valence-corrected chi connectivity index (χ1v) is 10.8. The fourth-order valence-corrected chi connectivity index (χ4v) is 4.76. The first-order valence-electron chi connectivity index (χ1n) is 9.56. The number of carbonyl (C=O) groups is 2. The number of hydrogen-bond donors (Lipinski definition) is 2. The summed E-state index contributed by atoms with van der Waals surface area (Å²) in [5.41, 5.74) is 7.10. The van der Waals surface area contributed by atoms with Gasteiger partial charge in [0.25, 0.3) is 18.2 Å². The molecule has 0 radical (unpaired) electrons. The number of anilines is 1. The lowest BCUT2D eigenvalue weighted by atomic mass is 10.0. The number of primary amides is 1. The second-order valence-electron chi connectivity index (χ2n) is 7.37. The van der Waals surface area contributed by atoms with Crippen molar-refractivity contribution in [3.8, 4) is 11.1 Å². The molecular weight excluding hydrogens is 476 g/mol. The van der Waals surface area contributed by atoms with E-state index in [1.165, 1.54) is 15.4 Å². The van der Waals surface area contributed by atoms with Crippen LogP contribution in [0.5, 0.6) is 0 Å². The minimum Gasteiger partial charge on any atom is -0.365 e. The van der Waals surface area contributed by atoms with E-state index >= 15 is 0 Å². The molecule has 0 fully saturated rings. The monoisotopic (exact) mass is 493 g/mol. The number of nitrogens with zero attached hydrogens (tertiary/aromatic N) is 5. The molecule has 0 aliphatic carbocycles. The third-order valence-corrected chi connectivity index (χ3v) is 6.70. The Morgan fingerprint density at radius 1 is 1.21 bits per heavy atom. The van der Waals surface area contributed by atoms with Crippen LogP contribution < -0.4 is 11.1 Å². The Bertz CT molecular complexity index is 1440. The average molecular weight is 494 g/mol. The summed E-state index contributed by atoms with van der Waals surface area (Å²) in [6.45, 7) is 3.42. The van der Waals surface area contributed by atoms with Crippen molar-refractivity contribution in [2.75, 3.05) is 5.32 Å². The van der Waals surface area contributed by atoms with Gasteiger partial charge in [-0.3, -0.25) is 19.0 Å². The Morgan fingerprint density at radius 2 is 1.91 bits per heavy atom. The van der Waals surface area contributed by atoms with Crippen molar-refractivity contribution in [3.05, 3.63) is 44.9 Å². The number of pyridine rings is 1. The molecule has 4 rings (SSSR count). The fraction of sp³-hybridized carbons (Fsp3) is 0.250. The van der Waals surface area contributed by atoms with E-state index < -0.39 is 23.9 Å². The summed E-state index contributed by atoms with van der Waals surface area (Å²) < 4.78 is 30.2. The second kappa shape index (κ2) is 8.19. The van der Waals surface area contributed by atoms with Gasteiger partial charge >= 0.3 is 0 Å². The van der Waals surface area contributed by atoms with Crippen LogP contribution in [0, 0.1) is 13.8 Å². The number of halogens is 3. The van der Waals surface area contributed by atoms with Gasteiger partial charge < -0.3 is 11.1 Å². The number of alkyl halides is 2. The highest BCUT2D eigenvalue weighted by molar-refractivity contribution is 7.21. The summed E-state index contributed by atoms with van der Waals surface area (Å²) in [4.78, 5) is 29.3. The predicted molar refractivity (Wildman–Crippen MR) is 121 cm³/mol. The first kappa shape index (κ1) is 22.8. The highest BCUT2D eigenvalue weighted by Gasteiger charge is 2.27. The van der Waals surface area contributed by atoms with Crippen LogP contribution in [0.25, 0.3) is 21.3 Å². The number of aryl methyl sites for hydroxylation is 3. The summed E-state index contributed by atoms with van der Waals surface area (Å²) in [6.07, 6.45) is -1.19. The molecule has 0 saturated carbocycles. The van der Waals surface area contributed by atoms with Crippen molar-refractivity contribution >= 4 is 50.7 Å². The van der Waals surface area contributed by atoms with Gasteiger partial charge in [0, 0.05) is 31.2 Å². The molecule has 3 N–H and O–H groups in total. The van der Waals surface area contributed by atoms with Gasteiger partial charge in [-0.1, -0.05) is 11.6 Å². The molecule has 0 saturated heterocycles. The van der Waals surface area contributed by atoms with E-state index in [-0.39, 0.29) is 26.1 Å². The van der Waals surface area contributed by atoms with Crippen LogP contribution in [-0.4, -0.2) is 36.4 Å². The first-order chi connectivity index (χ1) is 15.5. The average Bonchev–Trinajstić information content (AvgIpc) is 3.36. The van der Waals surface area contributed by atoms with Crippen molar-refractivity contribution in [2.24, 2.45) is 19.8 Å². The van der Waals surface area contributed by atoms with Gasteiger partial charge in [0.1, 0.15) is 15.4 Å². The highest BCUT2D eigenvalue weighted by Crippen LogP contribution is 2.43. The van der Waals surface area contributed by atoms with Crippen LogP contribution >= 0.6 is 22.9 Å². The van der Waals surface area contributed by atoms with Crippen LogP contribution in [0.3, 0.4) is 0 Å². The molecule has 4 heterocycles. The molecule has 0 aromatic carbocycles. The van der Waals surface area contributed by atoms with Crippen LogP contribution in [0.2, 0.25) is 5.02 Å². The predicted octanol–water partition coefficient (Wildman–Crippen LogP) is 3.99. The van der Waals surface area contributed by atoms with Crippen molar-refractivity contribution in [1.29, 1.82) is 0 Å². The van der Waals surface area contributed by atoms with E-state index in [1.807, 2.05) is 0 Å². The molecule has 0 bridgehead atoms. The van der Waals surface area contributed by atoms with Gasteiger partial charge in [0.15, 0.2) is 5.69 Å². The van der Waals surface area contributed by atoms with E-state index in [0.717, 1.165) is 11.3 Å². The number of thiophene rings is 1. The van der Waals surface area contributed by atoms with Crippen molar-refractivity contribution in [3.63, 3.8) is 0 Å². The highest BCUT2D eigenvalue weighted by atomic mass is 35.5. The number of nitrogens with two attached hydrogens (primary N) is 1. The molecule has 0 aliphatic rings. The van der Waals surface area contributed by atoms with E-state index in [4.69, 9.17) is 17.3 Å². The molecule has 0 spiro atoms. The Morgan fingerprint density at radius 3 is 2.42 bits per heavy atom. The molecular formula is C20H18ClF2N7O2S. The zero-order chi connectivity index (χ0) is 24.2. The van der Waals surface area contributed by atoms with Crippen LogP contribution in [0.15, 0.2) is 12.3 Å². The number of hydrogen-bond acceptors (Lipinski definition) is 6. The van der Waals surface area contributed by atoms with Gasteiger partial charge in [-0.15, -0.1) is 11.3 Å². The normalized spacial score (nSPS) is 11.5. The van der Waals surface area contributed by atoms with Crippen LogP contribution in [0.4, 0.5) is 14.5 Å². The third-order valence-electron chi connectivity index (χ3n) is 5.15. The summed E-state index contributed by atoms with van der Waals surface area (Å²) in [7, 11) is 3.32. The lowest BCUT2D eigenvalue weighted by molar-refractivity contribution is 0.100. The maximum absolute atomic E-state index is 13.6. The molecule has 4 aromatic heterocycles. The van der Waals surface area contributed by atoms with E-state index in [1.54, 1.807) is 34.1 Å². The zero-order valence-electron chi connectivity index (χ0n) is 17.9. The molecule has 4 aromatic rings. The van der Waals surface area contributed by atoms with E-state index in [2.05, 4.69) is 20.5 Å². The van der Waals surface area contributed by atoms with E-state index in [0.29, 0.717) is 27.9 Å². The van der Waals surface area contributed by atoms with Crippen molar-refractivity contribution < 1.29 is 18.4 Å². The maximum Gasteiger partial charge on any atom is 0.280 e. The third kappa shape index (κ3) is 3.85. The topological polar surface area (TPSA) is 121 Å². The molecule has 0 aliphatic heterocycles. The Hall–Kier alpha value is -3.38. The number of rotatable bonds is 5. The summed E-state index contributed by atoms with van der Waals surface area (Å²) in [5, 5.41) is 11.5. The van der Waals surface area contributed by atoms with Gasteiger partial charge in [-0.05, 0) is 25.5 Å². The SMILES string of the molecule is Cc1nn(C)cc1-c1cc(C(F)F)nc2sc(C(N)=O)c(NC(=O)c3nn(C)c(C)c3Cl)c12. The fourth-order valence-electron chi connectivity index (χ4n) is 3.50. The largest absolute Gasteiger partial charge is 0.365 e. The van der Waals surface area contributed by atoms with Crippen LogP contribution in [-0.2, 0) is 14.1 Å². The second-order valence-corrected chi connectivity index (χ2v) is 8.75. The minimum absolute atomic E-state index is 0.0381. The quantitative estimate of drug-likeness (QED) is 0.435. The lowest BCUT2D eigenvalue weighted by Crippen LogP contribution is -2.17. The zero-order valence-corrected chi connectivity index (χ0v) is 19.5. The summed E-state index contributed by atoms with van der Waals surface area (Å²) >= 11 is 7.05. The molecule has 33 heavy (non-hydrogen) atoms.